The SMILES string of the molecule is COC(=O)c1cc(Cl)c(I)cc1OCC1CCOCC1. The molecule has 1 aromatic carbocycles. The van der Waals surface area contributed by atoms with Gasteiger partial charge in [0.25, 0.3) is 0 Å². The van der Waals surface area contributed by atoms with Crippen LogP contribution in [0.5, 0.6) is 5.75 Å². The largest absolute Gasteiger partial charge is 0.492 e. The Morgan fingerprint density at radius 2 is 2.15 bits per heavy atom. The molecule has 0 unspecified atom stereocenters. The smallest absolute Gasteiger partial charge is 0.341 e. The molecule has 4 nitrogen and oxygen atoms in total. The van der Waals surface area contributed by atoms with Crippen molar-refractivity contribution < 1.29 is 19.0 Å². The normalized spacial score (nSPS) is 15.9. The summed E-state index contributed by atoms with van der Waals surface area (Å²) in [5.41, 5.74) is 0.366. The molecule has 0 spiro atoms. The molecule has 0 aromatic heterocycles. The Morgan fingerprint density at radius 3 is 2.80 bits per heavy atom. The summed E-state index contributed by atoms with van der Waals surface area (Å²) >= 11 is 8.16. The van der Waals surface area contributed by atoms with E-state index in [0.29, 0.717) is 28.9 Å². The molecule has 110 valence electrons. The first-order chi connectivity index (χ1) is 9.61. The van der Waals surface area contributed by atoms with E-state index in [4.69, 9.17) is 25.8 Å². The highest BCUT2D eigenvalue weighted by Gasteiger charge is 2.19. The van der Waals surface area contributed by atoms with Crippen LogP contribution in [0, 0.1) is 9.49 Å². The van der Waals surface area contributed by atoms with Crippen molar-refractivity contribution in [3.63, 3.8) is 0 Å². The molecule has 6 heteroatoms. The zero-order valence-electron chi connectivity index (χ0n) is 11.2. The van der Waals surface area contributed by atoms with Gasteiger partial charge in [0.15, 0.2) is 0 Å². The Labute approximate surface area is 136 Å². The minimum atomic E-state index is -0.440. The third-order valence-electron chi connectivity index (χ3n) is 3.24. The Balaban J connectivity index is 2.12. The third kappa shape index (κ3) is 3.99. The van der Waals surface area contributed by atoms with E-state index in [1.807, 2.05) is 0 Å². The minimum Gasteiger partial charge on any atom is -0.492 e. The van der Waals surface area contributed by atoms with Crippen LogP contribution in [0.2, 0.25) is 5.02 Å². The van der Waals surface area contributed by atoms with E-state index < -0.39 is 5.97 Å². The second kappa shape index (κ2) is 7.47. The molecule has 1 saturated heterocycles. The number of halogens is 2. The highest BCUT2D eigenvalue weighted by Crippen LogP contribution is 2.29. The van der Waals surface area contributed by atoms with Crippen LogP contribution in [-0.4, -0.2) is 32.9 Å². The van der Waals surface area contributed by atoms with Crippen molar-refractivity contribution in [1.82, 2.24) is 0 Å². The Hall–Kier alpha value is -0.530. The van der Waals surface area contributed by atoms with Gasteiger partial charge in [-0.05, 0) is 53.5 Å². The topological polar surface area (TPSA) is 44.8 Å². The second-order valence-electron chi connectivity index (χ2n) is 4.62. The fourth-order valence-corrected chi connectivity index (χ4v) is 2.64. The molecule has 0 atom stereocenters. The quantitative estimate of drug-likeness (QED) is 0.563. The summed E-state index contributed by atoms with van der Waals surface area (Å²) < 4.78 is 16.7. The molecule has 0 bridgehead atoms. The average Bonchev–Trinajstić information content (AvgIpc) is 2.48. The Morgan fingerprint density at radius 1 is 1.45 bits per heavy atom. The number of rotatable bonds is 4. The molecule has 0 amide bonds. The van der Waals surface area contributed by atoms with Crippen LogP contribution >= 0.6 is 34.2 Å². The van der Waals surface area contributed by atoms with Crippen LogP contribution in [0.4, 0.5) is 0 Å². The number of esters is 1. The van der Waals surface area contributed by atoms with Gasteiger partial charge in [-0.2, -0.15) is 0 Å². The fraction of sp³-hybridized carbons (Fsp3) is 0.500. The molecule has 1 fully saturated rings. The molecular formula is C14H16ClIO4. The molecule has 1 aliphatic rings. The van der Waals surface area contributed by atoms with Crippen molar-refractivity contribution in [1.29, 1.82) is 0 Å². The van der Waals surface area contributed by atoms with Crippen molar-refractivity contribution in [2.24, 2.45) is 5.92 Å². The van der Waals surface area contributed by atoms with Crippen molar-refractivity contribution in [3.8, 4) is 5.75 Å². The first kappa shape index (κ1) is 15.9. The fourth-order valence-electron chi connectivity index (χ4n) is 2.04. The van der Waals surface area contributed by atoms with Gasteiger partial charge in [-0.1, -0.05) is 11.6 Å². The standard InChI is InChI=1S/C14H16ClIO4/c1-18-14(17)10-6-11(15)12(16)7-13(10)20-8-9-2-4-19-5-3-9/h6-7,9H,2-5,8H2,1H3. The number of ether oxygens (including phenoxy) is 3. The lowest BCUT2D eigenvalue weighted by atomic mass is 10.0. The van der Waals surface area contributed by atoms with E-state index in [1.54, 1.807) is 12.1 Å². The second-order valence-corrected chi connectivity index (χ2v) is 6.19. The Kier molecular flexibility index (Phi) is 5.92. The maximum atomic E-state index is 11.8. The number of hydrogen-bond acceptors (Lipinski definition) is 4. The molecule has 0 saturated carbocycles. The van der Waals surface area contributed by atoms with E-state index in [0.717, 1.165) is 29.6 Å². The monoisotopic (exact) mass is 410 g/mol. The maximum absolute atomic E-state index is 11.8. The first-order valence-corrected chi connectivity index (χ1v) is 7.85. The molecule has 0 N–H and O–H groups in total. The predicted molar refractivity (Wildman–Crippen MR) is 84.5 cm³/mol. The van der Waals surface area contributed by atoms with Gasteiger partial charge in [0, 0.05) is 16.8 Å². The number of benzene rings is 1. The van der Waals surface area contributed by atoms with Crippen molar-refractivity contribution >= 4 is 40.2 Å². The highest BCUT2D eigenvalue weighted by atomic mass is 127. The van der Waals surface area contributed by atoms with Gasteiger partial charge in [0.05, 0.1) is 18.7 Å². The average molecular weight is 411 g/mol. The molecule has 1 aliphatic heterocycles. The Bertz CT molecular complexity index is 486. The first-order valence-electron chi connectivity index (χ1n) is 6.39. The van der Waals surface area contributed by atoms with E-state index in [2.05, 4.69) is 22.6 Å². The van der Waals surface area contributed by atoms with Gasteiger partial charge >= 0.3 is 5.97 Å². The molecule has 20 heavy (non-hydrogen) atoms. The van der Waals surface area contributed by atoms with E-state index in [9.17, 15) is 4.79 Å². The van der Waals surface area contributed by atoms with Gasteiger partial charge in [0.2, 0.25) is 0 Å². The van der Waals surface area contributed by atoms with E-state index in [1.165, 1.54) is 7.11 Å². The summed E-state index contributed by atoms with van der Waals surface area (Å²) in [6.45, 7) is 2.12. The molecule has 1 heterocycles. The summed E-state index contributed by atoms with van der Waals surface area (Å²) in [5.74, 6) is 0.546. The lowest BCUT2D eigenvalue weighted by Gasteiger charge is -2.22. The van der Waals surface area contributed by atoms with Crippen LogP contribution < -0.4 is 4.74 Å². The summed E-state index contributed by atoms with van der Waals surface area (Å²) in [6, 6.07) is 3.36. The number of carbonyl (C=O) groups is 1. The molecule has 0 radical (unpaired) electrons. The zero-order valence-corrected chi connectivity index (χ0v) is 14.1. The van der Waals surface area contributed by atoms with E-state index >= 15 is 0 Å². The number of carbonyl (C=O) groups excluding carboxylic acids is 1. The van der Waals surface area contributed by atoms with Gasteiger partial charge in [0.1, 0.15) is 11.3 Å². The molecule has 0 aliphatic carbocycles. The zero-order chi connectivity index (χ0) is 14.5. The highest BCUT2D eigenvalue weighted by molar-refractivity contribution is 14.1. The number of methoxy groups -OCH3 is 1. The van der Waals surface area contributed by atoms with Crippen molar-refractivity contribution in [2.75, 3.05) is 26.9 Å². The number of hydrogen-bond donors (Lipinski definition) is 0. The van der Waals surface area contributed by atoms with Gasteiger partial charge in [-0.25, -0.2) is 4.79 Å². The lowest BCUT2D eigenvalue weighted by Crippen LogP contribution is -2.22. The minimum absolute atomic E-state index is 0.366. The summed E-state index contributed by atoms with van der Waals surface area (Å²) in [7, 11) is 1.34. The van der Waals surface area contributed by atoms with Crippen molar-refractivity contribution in [2.45, 2.75) is 12.8 Å². The summed E-state index contributed by atoms with van der Waals surface area (Å²) in [4.78, 5) is 11.8. The molecular weight excluding hydrogens is 395 g/mol. The van der Waals surface area contributed by atoms with Crippen LogP contribution in [-0.2, 0) is 9.47 Å². The molecule has 2 rings (SSSR count). The maximum Gasteiger partial charge on any atom is 0.341 e. The third-order valence-corrected chi connectivity index (χ3v) is 4.77. The van der Waals surface area contributed by atoms with Crippen molar-refractivity contribution in [3.05, 3.63) is 26.3 Å². The van der Waals surface area contributed by atoms with E-state index in [-0.39, 0.29) is 0 Å². The predicted octanol–water partition coefficient (Wildman–Crippen LogP) is 3.54. The van der Waals surface area contributed by atoms with Gasteiger partial charge in [-0.15, -0.1) is 0 Å². The summed E-state index contributed by atoms with van der Waals surface area (Å²) in [5, 5.41) is 0.518. The van der Waals surface area contributed by atoms with Crippen LogP contribution in [0.3, 0.4) is 0 Å². The summed E-state index contributed by atoms with van der Waals surface area (Å²) in [6.07, 6.45) is 1.97. The van der Waals surface area contributed by atoms with Gasteiger partial charge in [-0.3, -0.25) is 0 Å². The van der Waals surface area contributed by atoms with Crippen LogP contribution in [0.1, 0.15) is 23.2 Å². The lowest BCUT2D eigenvalue weighted by molar-refractivity contribution is 0.0483. The van der Waals surface area contributed by atoms with Gasteiger partial charge < -0.3 is 14.2 Å². The van der Waals surface area contributed by atoms with Crippen LogP contribution in [0.15, 0.2) is 12.1 Å². The molecule has 1 aromatic rings. The van der Waals surface area contributed by atoms with Crippen LogP contribution in [0.25, 0.3) is 0 Å².